The van der Waals surface area contributed by atoms with Gasteiger partial charge >= 0.3 is 0 Å². The van der Waals surface area contributed by atoms with E-state index in [1.54, 1.807) is 6.07 Å². The highest BCUT2D eigenvalue weighted by molar-refractivity contribution is 5.49. The van der Waals surface area contributed by atoms with Crippen molar-refractivity contribution in [3.8, 4) is 5.75 Å². The van der Waals surface area contributed by atoms with Gasteiger partial charge in [0.2, 0.25) is 0 Å². The fraction of sp³-hybridized carbons (Fsp3) is 0.500. The van der Waals surface area contributed by atoms with Crippen LogP contribution in [0.5, 0.6) is 5.75 Å². The van der Waals surface area contributed by atoms with Crippen LogP contribution in [0.3, 0.4) is 0 Å². The second-order valence-electron chi connectivity index (χ2n) is 4.48. The number of benzene rings is 1. The molecule has 2 N–H and O–H groups in total. The lowest BCUT2D eigenvalue weighted by molar-refractivity contribution is -0.385. The van der Waals surface area contributed by atoms with Gasteiger partial charge in [-0.1, -0.05) is 6.42 Å². The van der Waals surface area contributed by atoms with Crippen LogP contribution in [0.2, 0.25) is 0 Å². The van der Waals surface area contributed by atoms with Gasteiger partial charge in [-0.15, -0.1) is 0 Å². The van der Waals surface area contributed by atoms with Crippen molar-refractivity contribution >= 4 is 5.69 Å². The fourth-order valence-electron chi connectivity index (χ4n) is 2.42. The number of hydrogen-bond donors (Lipinski definition) is 1. The van der Waals surface area contributed by atoms with E-state index in [1.807, 2.05) is 0 Å². The van der Waals surface area contributed by atoms with Gasteiger partial charge in [0.05, 0.1) is 18.1 Å². The number of non-ortho nitro benzene ring substituents is 1. The van der Waals surface area contributed by atoms with E-state index in [0.717, 1.165) is 24.8 Å². The molecule has 1 aliphatic rings. The van der Waals surface area contributed by atoms with Crippen molar-refractivity contribution in [3.63, 3.8) is 0 Å². The van der Waals surface area contributed by atoms with E-state index in [2.05, 4.69) is 0 Å². The second-order valence-corrected chi connectivity index (χ2v) is 4.48. The Kier molecular flexibility index (Phi) is 3.02. The van der Waals surface area contributed by atoms with Gasteiger partial charge in [0.1, 0.15) is 5.75 Å². The monoisotopic (exact) mass is 236 g/mol. The minimum absolute atomic E-state index is 0.0412. The quantitative estimate of drug-likeness (QED) is 0.640. The first-order chi connectivity index (χ1) is 8.13. The Balaban J connectivity index is 2.44. The zero-order chi connectivity index (χ0) is 12.5. The number of nitro benzene ring substituents is 1. The van der Waals surface area contributed by atoms with Crippen LogP contribution in [0.1, 0.15) is 24.8 Å². The van der Waals surface area contributed by atoms with E-state index in [-0.39, 0.29) is 11.1 Å². The molecule has 0 radical (unpaired) electrons. The lowest BCUT2D eigenvalue weighted by atomic mass is 9.64. The van der Waals surface area contributed by atoms with Crippen LogP contribution in [-0.2, 0) is 5.41 Å². The predicted molar refractivity (Wildman–Crippen MR) is 64.2 cm³/mol. The maximum atomic E-state index is 10.7. The first kappa shape index (κ1) is 11.9. The van der Waals surface area contributed by atoms with Gasteiger partial charge in [0, 0.05) is 23.6 Å². The van der Waals surface area contributed by atoms with Crippen molar-refractivity contribution in [3.05, 3.63) is 33.9 Å². The summed E-state index contributed by atoms with van der Waals surface area (Å²) < 4.78 is 5.26. The molecule has 0 heterocycles. The number of nitro groups is 1. The smallest absolute Gasteiger partial charge is 0.273 e. The third-order valence-electron chi connectivity index (χ3n) is 3.67. The van der Waals surface area contributed by atoms with Gasteiger partial charge in [-0.05, 0) is 18.9 Å². The number of ether oxygens (including phenoxy) is 1. The van der Waals surface area contributed by atoms with Gasteiger partial charge in [0.15, 0.2) is 0 Å². The SMILES string of the molecule is COc1cc([N+](=O)[O-])ccc1C1(CN)CCC1. The zero-order valence-corrected chi connectivity index (χ0v) is 9.81. The lowest BCUT2D eigenvalue weighted by Gasteiger charge is -2.42. The van der Waals surface area contributed by atoms with Crippen LogP contribution < -0.4 is 10.5 Å². The Morgan fingerprint density at radius 2 is 2.24 bits per heavy atom. The van der Waals surface area contributed by atoms with Crippen LogP contribution in [0, 0.1) is 10.1 Å². The van der Waals surface area contributed by atoms with E-state index >= 15 is 0 Å². The minimum Gasteiger partial charge on any atom is -0.496 e. The van der Waals surface area contributed by atoms with Crippen LogP contribution in [0.4, 0.5) is 5.69 Å². The molecule has 0 unspecified atom stereocenters. The molecular formula is C12H16N2O3. The second kappa shape index (κ2) is 4.33. The minimum atomic E-state index is -0.414. The maximum absolute atomic E-state index is 10.7. The summed E-state index contributed by atoms with van der Waals surface area (Å²) in [5.74, 6) is 0.573. The number of rotatable bonds is 4. The molecule has 0 atom stereocenters. The van der Waals surface area contributed by atoms with Gasteiger partial charge in [0.25, 0.3) is 5.69 Å². The maximum Gasteiger partial charge on any atom is 0.273 e. The molecule has 0 saturated heterocycles. The van der Waals surface area contributed by atoms with Gasteiger partial charge in [-0.25, -0.2) is 0 Å². The summed E-state index contributed by atoms with van der Waals surface area (Å²) in [6.45, 7) is 0.557. The third kappa shape index (κ3) is 1.86. The molecule has 92 valence electrons. The van der Waals surface area contributed by atoms with Crippen LogP contribution in [-0.4, -0.2) is 18.6 Å². The molecule has 0 aromatic heterocycles. The van der Waals surface area contributed by atoms with E-state index in [1.165, 1.54) is 19.2 Å². The summed E-state index contributed by atoms with van der Waals surface area (Å²) in [4.78, 5) is 10.3. The molecule has 5 heteroatoms. The average molecular weight is 236 g/mol. The molecule has 0 aliphatic heterocycles. The first-order valence-corrected chi connectivity index (χ1v) is 5.66. The average Bonchev–Trinajstić information content (AvgIpc) is 2.28. The van der Waals surface area contributed by atoms with E-state index in [4.69, 9.17) is 10.5 Å². The van der Waals surface area contributed by atoms with E-state index in [0.29, 0.717) is 12.3 Å². The standard InChI is InChI=1S/C12H16N2O3/c1-17-11-7-9(14(15)16)3-4-10(11)12(8-13)5-2-6-12/h3-4,7H,2,5-6,8,13H2,1H3. The zero-order valence-electron chi connectivity index (χ0n) is 9.81. The summed E-state index contributed by atoms with van der Waals surface area (Å²) in [6.07, 6.45) is 3.20. The molecule has 0 bridgehead atoms. The Bertz CT molecular complexity index is 436. The highest BCUT2D eigenvalue weighted by atomic mass is 16.6. The summed E-state index contributed by atoms with van der Waals surface area (Å²) >= 11 is 0. The number of nitrogens with two attached hydrogens (primary N) is 1. The van der Waals surface area contributed by atoms with Crippen molar-refractivity contribution < 1.29 is 9.66 Å². The molecule has 1 saturated carbocycles. The van der Waals surface area contributed by atoms with Crippen molar-refractivity contribution in [2.75, 3.05) is 13.7 Å². The molecule has 1 fully saturated rings. The first-order valence-electron chi connectivity index (χ1n) is 5.66. The number of hydrogen-bond acceptors (Lipinski definition) is 4. The predicted octanol–water partition coefficient (Wildman–Crippen LogP) is 1.98. The van der Waals surface area contributed by atoms with Gasteiger partial charge < -0.3 is 10.5 Å². The molecule has 5 nitrogen and oxygen atoms in total. The van der Waals surface area contributed by atoms with Gasteiger partial charge in [-0.2, -0.15) is 0 Å². The molecule has 1 aromatic carbocycles. The molecular weight excluding hydrogens is 220 g/mol. The molecule has 1 aliphatic carbocycles. The van der Waals surface area contributed by atoms with Crippen LogP contribution in [0.15, 0.2) is 18.2 Å². The summed E-state index contributed by atoms with van der Waals surface area (Å²) in [7, 11) is 1.53. The summed E-state index contributed by atoms with van der Waals surface area (Å²) in [5, 5.41) is 10.7. The fourth-order valence-corrected chi connectivity index (χ4v) is 2.42. The molecule has 17 heavy (non-hydrogen) atoms. The Morgan fingerprint density at radius 3 is 2.65 bits per heavy atom. The topological polar surface area (TPSA) is 78.4 Å². The Labute approximate surface area is 99.7 Å². The highest BCUT2D eigenvalue weighted by Gasteiger charge is 2.39. The van der Waals surface area contributed by atoms with E-state index in [9.17, 15) is 10.1 Å². The number of nitrogens with zero attached hydrogens (tertiary/aromatic N) is 1. The van der Waals surface area contributed by atoms with Gasteiger partial charge in [-0.3, -0.25) is 10.1 Å². The molecule has 1 aromatic rings. The molecule has 0 spiro atoms. The number of methoxy groups -OCH3 is 1. The van der Waals surface area contributed by atoms with Crippen LogP contribution >= 0.6 is 0 Å². The van der Waals surface area contributed by atoms with Crippen LogP contribution in [0.25, 0.3) is 0 Å². The Hall–Kier alpha value is -1.62. The van der Waals surface area contributed by atoms with Crippen molar-refractivity contribution in [1.29, 1.82) is 0 Å². The third-order valence-corrected chi connectivity index (χ3v) is 3.67. The van der Waals surface area contributed by atoms with E-state index < -0.39 is 4.92 Å². The van der Waals surface area contributed by atoms with Crippen molar-refractivity contribution in [1.82, 2.24) is 0 Å². The summed E-state index contributed by atoms with van der Waals surface area (Å²) in [6, 6.07) is 4.78. The molecule has 0 amide bonds. The Morgan fingerprint density at radius 1 is 1.53 bits per heavy atom. The highest BCUT2D eigenvalue weighted by Crippen LogP contribution is 2.47. The summed E-state index contributed by atoms with van der Waals surface area (Å²) in [5.41, 5.74) is 6.84. The normalized spacial score (nSPS) is 17.3. The van der Waals surface area contributed by atoms with Crippen molar-refractivity contribution in [2.45, 2.75) is 24.7 Å². The lowest BCUT2D eigenvalue weighted by Crippen LogP contribution is -2.41. The molecule has 2 rings (SSSR count). The largest absolute Gasteiger partial charge is 0.496 e. The van der Waals surface area contributed by atoms with Crippen molar-refractivity contribution in [2.24, 2.45) is 5.73 Å².